The first-order valence-electron chi connectivity index (χ1n) is 12.5. The molecule has 1 aliphatic rings. The maximum absolute atomic E-state index is 14.5. The van der Waals surface area contributed by atoms with Gasteiger partial charge in [-0.3, -0.25) is 9.59 Å². The number of pyridine rings is 1. The molecule has 2 aromatic heterocycles. The highest BCUT2D eigenvalue weighted by molar-refractivity contribution is 7.18. The Hall–Kier alpha value is -4.20. The molecule has 0 saturated carbocycles. The number of nitrogens with zero attached hydrogens (tertiary/aromatic N) is 2. The second-order valence-electron chi connectivity index (χ2n) is 10.1. The summed E-state index contributed by atoms with van der Waals surface area (Å²) in [5, 5.41) is 1.83. The van der Waals surface area contributed by atoms with Crippen LogP contribution in [0.2, 0.25) is 0 Å². The summed E-state index contributed by atoms with van der Waals surface area (Å²) in [5.74, 6) is -4.25. The summed E-state index contributed by atoms with van der Waals surface area (Å²) < 4.78 is 89.1. The van der Waals surface area contributed by atoms with Gasteiger partial charge in [0, 0.05) is 35.1 Å². The Kier molecular flexibility index (Phi) is 7.60. The molecule has 5 rings (SSSR count). The number of benzene rings is 2. The molecule has 1 aliphatic heterocycles. The summed E-state index contributed by atoms with van der Waals surface area (Å²) >= 11 is 0.679. The van der Waals surface area contributed by atoms with Crippen molar-refractivity contribution in [2.45, 2.75) is 37.3 Å². The van der Waals surface area contributed by atoms with E-state index in [0.717, 1.165) is 12.1 Å². The molecule has 1 unspecified atom stereocenters. The summed E-state index contributed by atoms with van der Waals surface area (Å²) in [7, 11) is 0. The predicted molar refractivity (Wildman–Crippen MR) is 142 cm³/mol. The normalized spacial score (nSPS) is 17.2. The highest BCUT2D eigenvalue weighted by atomic mass is 32.1. The van der Waals surface area contributed by atoms with Crippen LogP contribution >= 0.6 is 11.3 Å². The Balaban J connectivity index is 1.51. The number of thiazole rings is 1. The first kappa shape index (κ1) is 29.3. The highest BCUT2D eigenvalue weighted by Crippen LogP contribution is 2.48. The van der Waals surface area contributed by atoms with E-state index < -0.39 is 58.8 Å². The van der Waals surface area contributed by atoms with Crippen LogP contribution in [0.3, 0.4) is 0 Å². The zero-order valence-corrected chi connectivity index (χ0v) is 22.6. The predicted octanol–water partition coefficient (Wildman–Crippen LogP) is 6.04. The quantitative estimate of drug-likeness (QED) is 0.238. The van der Waals surface area contributed by atoms with Crippen LogP contribution in [0.4, 0.5) is 26.3 Å². The van der Waals surface area contributed by atoms with Crippen LogP contribution in [0.5, 0.6) is 5.75 Å². The van der Waals surface area contributed by atoms with Crippen molar-refractivity contribution < 1.29 is 40.7 Å². The van der Waals surface area contributed by atoms with Gasteiger partial charge in [0.05, 0.1) is 22.5 Å². The van der Waals surface area contributed by atoms with E-state index in [2.05, 4.69) is 15.3 Å². The minimum absolute atomic E-state index is 0.0155. The Morgan fingerprint density at radius 1 is 1.12 bits per heavy atom. The summed E-state index contributed by atoms with van der Waals surface area (Å²) in [4.78, 5) is 32.7. The van der Waals surface area contributed by atoms with Gasteiger partial charge in [-0.1, -0.05) is 6.92 Å². The van der Waals surface area contributed by atoms with Crippen LogP contribution in [-0.2, 0) is 10.2 Å². The fraction of sp³-hybridized carbons (Fsp3) is 0.286. The van der Waals surface area contributed by atoms with Crippen molar-refractivity contribution in [3.8, 4) is 17.0 Å². The average molecular weight is 609 g/mol. The van der Waals surface area contributed by atoms with Crippen LogP contribution in [0.1, 0.15) is 52.3 Å². The number of halogens is 6. The molecule has 3 N–H and O–H groups in total. The van der Waals surface area contributed by atoms with Crippen LogP contribution in [0.25, 0.3) is 21.5 Å². The molecule has 4 aromatic rings. The molecule has 0 aliphatic carbocycles. The Bertz CT molecular complexity index is 1670. The molecule has 0 bridgehead atoms. The zero-order valence-electron chi connectivity index (χ0n) is 21.8. The average Bonchev–Trinajstić information content (AvgIpc) is 3.49. The lowest BCUT2D eigenvalue weighted by atomic mass is 9.80. The topological polar surface area (TPSA) is 107 Å². The standard InChI is InChI=1S/C28H22F6N4O3S/c1-27(10-21(35)39)12-41-23-16(27)9-19(37-22(23)13-2-5-15(29)6-3-13)17(28(32,33)34)11-36-25(40)14-4-7-18-20(8-14)42-26(38-18)24(30)31/h2-9,17,24H,10-12H2,1H3,(H2,35,39)(H,36,40)/t17?,27-/m0/s1. The number of nitrogens with one attached hydrogen (secondary N) is 1. The van der Waals surface area contributed by atoms with Crippen molar-refractivity contribution in [2.75, 3.05) is 13.2 Å². The monoisotopic (exact) mass is 608 g/mol. The van der Waals surface area contributed by atoms with Gasteiger partial charge in [0.25, 0.3) is 12.3 Å². The second-order valence-corrected chi connectivity index (χ2v) is 11.2. The van der Waals surface area contributed by atoms with E-state index in [-0.39, 0.29) is 51.4 Å². The smallest absolute Gasteiger partial charge is 0.398 e. The Morgan fingerprint density at radius 2 is 1.83 bits per heavy atom. The number of carbonyl (C=O) groups is 2. The molecule has 0 fully saturated rings. The zero-order chi connectivity index (χ0) is 30.4. The molecule has 220 valence electrons. The van der Waals surface area contributed by atoms with Crippen LogP contribution in [0.15, 0.2) is 48.5 Å². The number of nitrogens with two attached hydrogens (primary N) is 1. The van der Waals surface area contributed by atoms with Gasteiger partial charge in [-0.2, -0.15) is 13.2 Å². The van der Waals surface area contributed by atoms with Gasteiger partial charge in [0.2, 0.25) is 5.91 Å². The number of aromatic nitrogens is 2. The number of amides is 2. The number of primary amides is 1. The molecule has 0 spiro atoms. The minimum Gasteiger partial charge on any atom is -0.490 e. The van der Waals surface area contributed by atoms with Crippen LogP contribution in [0, 0.1) is 5.82 Å². The number of fused-ring (bicyclic) bond motifs is 2. The van der Waals surface area contributed by atoms with Crippen LogP contribution < -0.4 is 15.8 Å². The third kappa shape index (κ3) is 5.75. The van der Waals surface area contributed by atoms with Crippen molar-refractivity contribution in [3.63, 3.8) is 0 Å². The van der Waals surface area contributed by atoms with Gasteiger partial charge in [-0.15, -0.1) is 11.3 Å². The molecule has 14 heteroatoms. The number of ether oxygens (including phenoxy) is 1. The molecule has 0 radical (unpaired) electrons. The maximum atomic E-state index is 14.5. The number of carbonyl (C=O) groups excluding carboxylic acids is 2. The fourth-order valence-corrected chi connectivity index (χ4v) is 5.69. The van der Waals surface area contributed by atoms with Crippen molar-refractivity contribution in [1.82, 2.24) is 15.3 Å². The van der Waals surface area contributed by atoms with Crippen molar-refractivity contribution >= 4 is 33.4 Å². The molecule has 2 atom stereocenters. The van der Waals surface area contributed by atoms with Crippen molar-refractivity contribution in [1.29, 1.82) is 0 Å². The molecule has 42 heavy (non-hydrogen) atoms. The molecule has 2 aromatic carbocycles. The highest BCUT2D eigenvalue weighted by Gasteiger charge is 2.45. The molecular formula is C28H22F6N4O3S. The molecule has 7 nitrogen and oxygen atoms in total. The fourth-order valence-electron chi connectivity index (χ4n) is 4.83. The second kappa shape index (κ2) is 10.9. The first-order chi connectivity index (χ1) is 19.7. The van der Waals surface area contributed by atoms with E-state index in [1.54, 1.807) is 6.92 Å². The Labute approximate surface area is 238 Å². The van der Waals surface area contributed by atoms with Crippen LogP contribution in [-0.4, -0.2) is 41.1 Å². The first-order valence-corrected chi connectivity index (χ1v) is 13.3. The van der Waals surface area contributed by atoms with E-state index in [0.29, 0.717) is 11.3 Å². The maximum Gasteiger partial charge on any atom is 0.398 e. The largest absolute Gasteiger partial charge is 0.490 e. The number of alkyl halides is 5. The Morgan fingerprint density at radius 3 is 2.48 bits per heavy atom. The van der Waals surface area contributed by atoms with Gasteiger partial charge in [-0.25, -0.2) is 23.1 Å². The van der Waals surface area contributed by atoms with Gasteiger partial charge in [-0.05, 0) is 48.5 Å². The molecule has 2 amide bonds. The van der Waals surface area contributed by atoms with E-state index in [4.69, 9.17) is 10.5 Å². The number of hydrogen-bond acceptors (Lipinski definition) is 6. The summed E-state index contributed by atoms with van der Waals surface area (Å²) in [6.45, 7) is 0.667. The summed E-state index contributed by atoms with van der Waals surface area (Å²) in [5.41, 5.74) is 4.66. The van der Waals surface area contributed by atoms with Gasteiger partial charge in [0.15, 0.2) is 5.01 Å². The van der Waals surface area contributed by atoms with Gasteiger partial charge < -0.3 is 15.8 Å². The van der Waals surface area contributed by atoms with E-state index in [9.17, 15) is 35.9 Å². The summed E-state index contributed by atoms with van der Waals surface area (Å²) in [6, 6.07) is 10.0. The number of hydrogen-bond donors (Lipinski definition) is 2. The van der Waals surface area contributed by atoms with Gasteiger partial charge in [0.1, 0.15) is 23.2 Å². The summed E-state index contributed by atoms with van der Waals surface area (Å²) in [6.07, 6.45) is -7.89. The molecule has 0 saturated heterocycles. The molecule has 3 heterocycles. The SMILES string of the molecule is C[C@]1(CC(N)=O)COc2c1cc(C(CNC(=O)c1ccc3nc(C(F)F)sc3c1)C(F)(F)F)nc2-c1ccc(F)cc1. The van der Waals surface area contributed by atoms with Gasteiger partial charge >= 0.3 is 6.18 Å². The van der Waals surface area contributed by atoms with E-state index >= 15 is 0 Å². The lowest BCUT2D eigenvalue weighted by Crippen LogP contribution is -2.36. The third-order valence-electron chi connectivity index (χ3n) is 6.93. The lowest BCUT2D eigenvalue weighted by molar-refractivity contribution is -0.149. The van der Waals surface area contributed by atoms with Crippen molar-refractivity contribution in [3.05, 3.63) is 76.2 Å². The van der Waals surface area contributed by atoms with E-state index in [1.165, 1.54) is 36.4 Å². The minimum atomic E-state index is -4.87. The molecular weight excluding hydrogens is 586 g/mol. The third-order valence-corrected chi connectivity index (χ3v) is 7.96. The van der Waals surface area contributed by atoms with E-state index in [1.807, 2.05) is 0 Å². The lowest BCUT2D eigenvalue weighted by Gasteiger charge is -2.25. The number of rotatable bonds is 8. The van der Waals surface area contributed by atoms with Crippen molar-refractivity contribution in [2.24, 2.45) is 5.73 Å².